The third kappa shape index (κ3) is 2.73. The van der Waals surface area contributed by atoms with E-state index in [9.17, 15) is 4.79 Å². The Morgan fingerprint density at radius 1 is 1.35 bits per heavy atom. The van der Waals surface area contributed by atoms with Gasteiger partial charge in [0.1, 0.15) is 12.4 Å². The Bertz CT molecular complexity index is 702. The predicted octanol–water partition coefficient (Wildman–Crippen LogP) is 2.39. The first-order chi connectivity index (χ1) is 9.61. The minimum absolute atomic E-state index is 0.196. The van der Waals surface area contributed by atoms with Crippen LogP contribution in [-0.4, -0.2) is 22.3 Å². The molecule has 3 rings (SSSR count). The Balaban J connectivity index is 1.63. The summed E-state index contributed by atoms with van der Waals surface area (Å²) in [6, 6.07) is 6.77. The third-order valence-corrected chi connectivity index (χ3v) is 3.59. The second-order valence-electron chi connectivity index (χ2n) is 4.33. The lowest BCUT2D eigenvalue weighted by atomic mass is 10.3. The molecule has 2 aromatic rings. The van der Waals surface area contributed by atoms with Crippen molar-refractivity contribution in [2.45, 2.75) is 12.6 Å². The maximum absolute atomic E-state index is 11.1. The molecule has 104 valence electrons. The number of ether oxygens (including phenoxy) is 2. The second-order valence-corrected chi connectivity index (χ2v) is 5.14. The minimum atomic E-state index is -0.317. The molecule has 0 saturated heterocycles. The summed E-state index contributed by atoms with van der Waals surface area (Å²) in [5.74, 6) is 0.612. The molecule has 7 heteroatoms. The van der Waals surface area contributed by atoms with Crippen molar-refractivity contribution < 1.29 is 9.47 Å². The standard InChI is InChI=1S/C13H10Cl2N2O3/c14-10-2-1-8(5-11(10)15)19-7-9-6-17-4-3-12(18)16-13(17)20-9/h1-5,9H,6-7H2. The fraction of sp³-hybridized carbons (Fsp3) is 0.231. The van der Waals surface area contributed by atoms with Crippen molar-refractivity contribution in [1.82, 2.24) is 9.55 Å². The van der Waals surface area contributed by atoms with Crippen LogP contribution in [0.25, 0.3) is 0 Å². The van der Waals surface area contributed by atoms with E-state index in [-0.39, 0.29) is 11.7 Å². The van der Waals surface area contributed by atoms with Crippen LogP contribution in [0.5, 0.6) is 11.8 Å². The van der Waals surface area contributed by atoms with Gasteiger partial charge in [0.15, 0.2) is 6.10 Å². The molecule has 1 aromatic carbocycles. The van der Waals surface area contributed by atoms with Crippen molar-refractivity contribution >= 4 is 23.2 Å². The summed E-state index contributed by atoms with van der Waals surface area (Å²) in [6.45, 7) is 0.916. The minimum Gasteiger partial charge on any atom is -0.490 e. The van der Waals surface area contributed by atoms with Crippen molar-refractivity contribution in [2.75, 3.05) is 6.61 Å². The van der Waals surface area contributed by atoms with Gasteiger partial charge in [-0.1, -0.05) is 23.2 Å². The molecular weight excluding hydrogens is 303 g/mol. The largest absolute Gasteiger partial charge is 0.490 e. The van der Waals surface area contributed by atoms with Gasteiger partial charge in [0.05, 0.1) is 16.6 Å². The SMILES string of the molecule is O=c1ccn2c(n1)OC(COc1ccc(Cl)c(Cl)c1)C2. The zero-order valence-corrected chi connectivity index (χ0v) is 11.8. The summed E-state index contributed by atoms with van der Waals surface area (Å²) >= 11 is 11.7. The molecule has 0 fully saturated rings. The first kappa shape index (κ1) is 13.3. The Morgan fingerprint density at radius 3 is 3.00 bits per heavy atom. The Morgan fingerprint density at radius 2 is 2.20 bits per heavy atom. The summed E-state index contributed by atoms with van der Waals surface area (Å²) in [6.07, 6.45) is 1.46. The fourth-order valence-corrected chi connectivity index (χ4v) is 2.18. The molecule has 5 nitrogen and oxygen atoms in total. The molecule has 0 spiro atoms. The van der Waals surface area contributed by atoms with Gasteiger partial charge in [-0.2, -0.15) is 4.98 Å². The number of aromatic nitrogens is 2. The Labute approximate surface area is 124 Å². The molecule has 1 aliphatic heterocycles. The second kappa shape index (κ2) is 5.34. The zero-order valence-electron chi connectivity index (χ0n) is 10.3. The van der Waals surface area contributed by atoms with E-state index in [2.05, 4.69) is 4.98 Å². The van der Waals surface area contributed by atoms with Crippen molar-refractivity contribution in [1.29, 1.82) is 0 Å². The quantitative estimate of drug-likeness (QED) is 0.873. The van der Waals surface area contributed by atoms with E-state index in [4.69, 9.17) is 32.7 Å². The van der Waals surface area contributed by atoms with Crippen LogP contribution in [0.1, 0.15) is 0 Å². The van der Waals surface area contributed by atoms with Gasteiger partial charge in [-0.05, 0) is 12.1 Å². The molecule has 0 aliphatic carbocycles. The maximum Gasteiger partial charge on any atom is 0.300 e. The number of rotatable bonds is 3. The lowest BCUT2D eigenvalue weighted by Crippen LogP contribution is -2.23. The molecule has 2 heterocycles. The van der Waals surface area contributed by atoms with Crippen LogP contribution < -0.4 is 15.0 Å². The van der Waals surface area contributed by atoms with Gasteiger partial charge in [0.25, 0.3) is 11.6 Å². The number of fused-ring (bicyclic) bond motifs is 1. The van der Waals surface area contributed by atoms with Crippen LogP contribution in [0.15, 0.2) is 35.3 Å². The molecule has 1 aromatic heterocycles. The molecular formula is C13H10Cl2N2O3. The summed E-state index contributed by atoms with van der Waals surface area (Å²) in [4.78, 5) is 14.9. The Kier molecular flexibility index (Phi) is 3.54. The van der Waals surface area contributed by atoms with Crippen LogP contribution in [0.2, 0.25) is 10.0 Å². The van der Waals surface area contributed by atoms with E-state index in [1.165, 1.54) is 6.07 Å². The molecule has 0 N–H and O–H groups in total. The highest BCUT2D eigenvalue weighted by Crippen LogP contribution is 2.26. The molecule has 0 radical (unpaired) electrons. The highest BCUT2D eigenvalue weighted by Gasteiger charge is 2.23. The van der Waals surface area contributed by atoms with E-state index >= 15 is 0 Å². The van der Waals surface area contributed by atoms with Crippen LogP contribution in [0, 0.1) is 0 Å². The van der Waals surface area contributed by atoms with E-state index in [1.807, 2.05) is 0 Å². The topological polar surface area (TPSA) is 53.4 Å². The predicted molar refractivity (Wildman–Crippen MR) is 74.9 cm³/mol. The molecule has 1 atom stereocenters. The summed E-state index contributed by atoms with van der Waals surface area (Å²) in [5, 5.41) is 0.915. The number of hydrogen-bond donors (Lipinski definition) is 0. The van der Waals surface area contributed by atoms with Crippen molar-refractivity contribution in [3.63, 3.8) is 0 Å². The number of benzene rings is 1. The highest BCUT2D eigenvalue weighted by molar-refractivity contribution is 6.42. The Hall–Kier alpha value is -1.72. The maximum atomic E-state index is 11.1. The van der Waals surface area contributed by atoms with E-state index in [0.717, 1.165) is 0 Å². The normalized spacial score (nSPS) is 16.6. The van der Waals surface area contributed by atoms with Gasteiger partial charge in [-0.25, -0.2) is 0 Å². The first-order valence-corrected chi connectivity index (χ1v) is 6.69. The van der Waals surface area contributed by atoms with Crippen LogP contribution in [0.4, 0.5) is 0 Å². The molecule has 1 aliphatic rings. The zero-order chi connectivity index (χ0) is 14.1. The van der Waals surface area contributed by atoms with Gasteiger partial charge in [-0.3, -0.25) is 9.36 Å². The van der Waals surface area contributed by atoms with Gasteiger partial charge in [0.2, 0.25) is 0 Å². The van der Waals surface area contributed by atoms with Crippen molar-refractivity contribution in [3.8, 4) is 11.8 Å². The summed E-state index contributed by atoms with van der Waals surface area (Å²) in [7, 11) is 0. The number of hydrogen-bond acceptors (Lipinski definition) is 4. The van der Waals surface area contributed by atoms with Gasteiger partial charge in [-0.15, -0.1) is 0 Å². The summed E-state index contributed by atoms with van der Waals surface area (Å²) in [5.41, 5.74) is -0.317. The van der Waals surface area contributed by atoms with Gasteiger partial charge >= 0.3 is 0 Å². The highest BCUT2D eigenvalue weighted by atomic mass is 35.5. The monoisotopic (exact) mass is 312 g/mol. The molecule has 0 bridgehead atoms. The van der Waals surface area contributed by atoms with Crippen LogP contribution in [0.3, 0.4) is 0 Å². The van der Waals surface area contributed by atoms with E-state index in [0.29, 0.717) is 35.0 Å². The van der Waals surface area contributed by atoms with Gasteiger partial charge in [0, 0.05) is 18.3 Å². The average molecular weight is 313 g/mol. The fourth-order valence-electron chi connectivity index (χ4n) is 1.89. The van der Waals surface area contributed by atoms with E-state index < -0.39 is 0 Å². The lowest BCUT2D eigenvalue weighted by molar-refractivity contribution is 0.143. The molecule has 1 unspecified atom stereocenters. The van der Waals surface area contributed by atoms with E-state index in [1.54, 1.807) is 29.0 Å². The third-order valence-electron chi connectivity index (χ3n) is 2.85. The van der Waals surface area contributed by atoms with Gasteiger partial charge < -0.3 is 9.47 Å². The number of halogens is 2. The summed E-state index contributed by atoms with van der Waals surface area (Å²) < 4.78 is 12.9. The van der Waals surface area contributed by atoms with Crippen molar-refractivity contribution in [3.05, 3.63) is 50.9 Å². The molecule has 20 heavy (non-hydrogen) atoms. The van der Waals surface area contributed by atoms with Crippen LogP contribution >= 0.6 is 23.2 Å². The lowest BCUT2D eigenvalue weighted by Gasteiger charge is -2.11. The molecule has 0 saturated carbocycles. The average Bonchev–Trinajstić information content (AvgIpc) is 2.82. The van der Waals surface area contributed by atoms with Crippen molar-refractivity contribution in [2.24, 2.45) is 0 Å². The molecule has 0 amide bonds. The number of nitrogens with zero attached hydrogens (tertiary/aromatic N) is 2. The first-order valence-electron chi connectivity index (χ1n) is 5.94. The smallest absolute Gasteiger partial charge is 0.300 e. The van der Waals surface area contributed by atoms with Crippen LogP contribution in [-0.2, 0) is 6.54 Å².